The first kappa shape index (κ1) is 21.0. The van der Waals surface area contributed by atoms with Gasteiger partial charge in [-0.1, -0.05) is 48.2 Å². The number of terminal acetylenes is 1. The van der Waals surface area contributed by atoms with Crippen molar-refractivity contribution in [2.24, 2.45) is 0 Å². The van der Waals surface area contributed by atoms with Crippen LogP contribution in [0.1, 0.15) is 30.4 Å². The van der Waals surface area contributed by atoms with Gasteiger partial charge in [0, 0.05) is 13.0 Å². The molecule has 4 nitrogen and oxygen atoms in total. The van der Waals surface area contributed by atoms with Gasteiger partial charge in [-0.15, -0.1) is 6.42 Å². The first-order chi connectivity index (χ1) is 12.9. The van der Waals surface area contributed by atoms with Crippen LogP contribution in [0.2, 0.25) is 10.0 Å². The van der Waals surface area contributed by atoms with Crippen LogP contribution in [0.25, 0.3) is 0 Å². The summed E-state index contributed by atoms with van der Waals surface area (Å²) in [5, 5.41) is 3.85. The summed E-state index contributed by atoms with van der Waals surface area (Å²) in [6.45, 7) is 2.54. The highest BCUT2D eigenvalue weighted by molar-refractivity contribution is 6.42. The fourth-order valence-corrected chi connectivity index (χ4v) is 2.87. The molecular formula is C21H21Cl2NO3. The third-order valence-corrected chi connectivity index (χ3v) is 4.77. The fourth-order valence-electron chi connectivity index (χ4n) is 2.55. The molecule has 142 valence electrons. The summed E-state index contributed by atoms with van der Waals surface area (Å²) in [4.78, 5) is 12.3. The lowest BCUT2D eigenvalue weighted by molar-refractivity contribution is -0.121. The molecule has 2 aromatic rings. The minimum absolute atomic E-state index is 0.00869. The van der Waals surface area contributed by atoms with Crippen molar-refractivity contribution in [3.63, 3.8) is 0 Å². The largest absolute Gasteiger partial charge is 0.493 e. The van der Waals surface area contributed by atoms with Gasteiger partial charge in [0.25, 0.3) is 0 Å². The van der Waals surface area contributed by atoms with Crippen LogP contribution in [-0.2, 0) is 11.3 Å². The topological polar surface area (TPSA) is 47.6 Å². The van der Waals surface area contributed by atoms with E-state index in [2.05, 4.69) is 11.2 Å². The number of halogens is 2. The van der Waals surface area contributed by atoms with Gasteiger partial charge in [0.15, 0.2) is 11.5 Å². The molecule has 2 rings (SSSR count). The smallest absolute Gasteiger partial charge is 0.220 e. The second-order valence-corrected chi connectivity index (χ2v) is 6.85. The number of rotatable bonds is 8. The van der Waals surface area contributed by atoms with Crippen LogP contribution < -0.4 is 14.8 Å². The van der Waals surface area contributed by atoms with Crippen molar-refractivity contribution < 1.29 is 14.3 Å². The maximum absolute atomic E-state index is 12.3. The van der Waals surface area contributed by atoms with Crippen LogP contribution in [-0.4, -0.2) is 19.6 Å². The maximum Gasteiger partial charge on any atom is 0.220 e. The van der Waals surface area contributed by atoms with Crippen LogP contribution in [0, 0.1) is 12.3 Å². The highest BCUT2D eigenvalue weighted by atomic mass is 35.5. The maximum atomic E-state index is 12.3. The third-order valence-electron chi connectivity index (χ3n) is 4.03. The predicted octanol–water partition coefficient (Wildman–Crippen LogP) is 4.82. The number of nitrogens with one attached hydrogen (secondary N) is 1. The molecule has 0 radical (unpaired) electrons. The quantitative estimate of drug-likeness (QED) is 0.640. The molecule has 0 aliphatic rings. The van der Waals surface area contributed by atoms with E-state index in [9.17, 15) is 4.79 Å². The van der Waals surface area contributed by atoms with E-state index in [0.717, 1.165) is 11.1 Å². The molecule has 2 aromatic carbocycles. The molecule has 0 heterocycles. The van der Waals surface area contributed by atoms with Crippen molar-refractivity contribution in [3.05, 3.63) is 57.6 Å². The lowest BCUT2D eigenvalue weighted by Crippen LogP contribution is -2.24. The molecule has 27 heavy (non-hydrogen) atoms. The number of methoxy groups -OCH3 is 1. The lowest BCUT2D eigenvalue weighted by Gasteiger charge is -2.15. The molecule has 0 saturated heterocycles. The average molecular weight is 406 g/mol. The van der Waals surface area contributed by atoms with Crippen LogP contribution in [0.5, 0.6) is 11.5 Å². The normalized spacial score (nSPS) is 11.4. The van der Waals surface area contributed by atoms with Gasteiger partial charge < -0.3 is 14.8 Å². The van der Waals surface area contributed by atoms with Crippen LogP contribution in [0.3, 0.4) is 0 Å². The van der Waals surface area contributed by atoms with Crippen molar-refractivity contribution >= 4 is 29.1 Å². The summed E-state index contributed by atoms with van der Waals surface area (Å²) < 4.78 is 10.8. The van der Waals surface area contributed by atoms with Gasteiger partial charge in [0.2, 0.25) is 5.91 Å². The first-order valence-electron chi connectivity index (χ1n) is 8.39. The monoisotopic (exact) mass is 405 g/mol. The second kappa shape index (κ2) is 10.1. The molecule has 1 N–H and O–H groups in total. The van der Waals surface area contributed by atoms with Gasteiger partial charge in [0.05, 0.1) is 17.2 Å². The molecule has 0 aliphatic carbocycles. The molecule has 0 fully saturated rings. The summed E-state index contributed by atoms with van der Waals surface area (Å²) in [7, 11) is 1.57. The minimum Gasteiger partial charge on any atom is -0.493 e. The Bertz CT molecular complexity index is 846. The van der Waals surface area contributed by atoms with Gasteiger partial charge in [-0.2, -0.15) is 0 Å². The van der Waals surface area contributed by atoms with E-state index < -0.39 is 0 Å². The summed E-state index contributed by atoms with van der Waals surface area (Å²) in [5.74, 6) is 3.54. The average Bonchev–Trinajstić information content (AvgIpc) is 2.67. The van der Waals surface area contributed by atoms with Crippen LogP contribution in [0.4, 0.5) is 0 Å². The number of benzene rings is 2. The Labute approximate surface area is 169 Å². The molecule has 1 atom stereocenters. The Morgan fingerprint density at radius 1 is 1.19 bits per heavy atom. The highest BCUT2D eigenvalue weighted by Gasteiger charge is 2.14. The van der Waals surface area contributed by atoms with E-state index in [1.165, 1.54) is 0 Å². The zero-order chi connectivity index (χ0) is 19.8. The van der Waals surface area contributed by atoms with Gasteiger partial charge >= 0.3 is 0 Å². The summed E-state index contributed by atoms with van der Waals surface area (Å²) in [6.07, 6.45) is 5.56. The summed E-state index contributed by atoms with van der Waals surface area (Å²) in [5.41, 5.74) is 1.87. The Kier molecular flexibility index (Phi) is 7.84. The zero-order valence-electron chi connectivity index (χ0n) is 15.2. The lowest BCUT2D eigenvalue weighted by atomic mass is 9.97. The molecule has 0 spiro atoms. The number of carbonyl (C=O) groups is 1. The SMILES string of the molecule is C#CCOc1ccc(C(C)CC(=O)NCc2ccc(Cl)c(Cl)c2)cc1OC. The van der Waals surface area contributed by atoms with Crippen molar-refractivity contribution in [1.82, 2.24) is 5.32 Å². The molecule has 0 bridgehead atoms. The molecule has 1 unspecified atom stereocenters. The Morgan fingerprint density at radius 3 is 2.63 bits per heavy atom. The van der Waals surface area contributed by atoms with Gasteiger partial charge in [0.1, 0.15) is 6.61 Å². The number of hydrogen-bond acceptors (Lipinski definition) is 3. The van der Waals surface area contributed by atoms with E-state index in [-0.39, 0.29) is 18.4 Å². The predicted molar refractivity (Wildman–Crippen MR) is 109 cm³/mol. The zero-order valence-corrected chi connectivity index (χ0v) is 16.7. The number of ether oxygens (including phenoxy) is 2. The van der Waals surface area contributed by atoms with E-state index >= 15 is 0 Å². The summed E-state index contributed by atoms with van der Waals surface area (Å²) in [6, 6.07) is 10.9. The van der Waals surface area contributed by atoms with Crippen molar-refractivity contribution in [3.8, 4) is 23.8 Å². The first-order valence-corrected chi connectivity index (χ1v) is 9.15. The Balaban J connectivity index is 1.95. The fraction of sp³-hybridized carbons (Fsp3) is 0.286. The molecule has 1 amide bonds. The Hall–Kier alpha value is -2.35. The second-order valence-electron chi connectivity index (χ2n) is 6.03. The standard InChI is InChI=1S/C21H21Cl2NO3/c1-4-9-27-19-8-6-16(12-20(19)26-3)14(2)10-21(25)24-13-15-5-7-17(22)18(23)11-15/h1,5-8,11-12,14H,9-10,13H2,2-3H3,(H,24,25). The number of hydrogen-bond donors (Lipinski definition) is 1. The number of carbonyl (C=O) groups excluding carboxylic acids is 1. The van der Waals surface area contributed by atoms with Crippen LogP contribution >= 0.6 is 23.2 Å². The van der Waals surface area contributed by atoms with E-state index in [1.54, 1.807) is 25.3 Å². The van der Waals surface area contributed by atoms with Gasteiger partial charge in [-0.05, 0) is 41.3 Å². The summed E-state index contributed by atoms with van der Waals surface area (Å²) >= 11 is 11.9. The molecular weight excluding hydrogens is 385 g/mol. The van der Waals surface area contributed by atoms with Crippen LogP contribution in [0.15, 0.2) is 36.4 Å². The molecule has 0 aromatic heterocycles. The van der Waals surface area contributed by atoms with Crippen molar-refractivity contribution in [2.45, 2.75) is 25.8 Å². The van der Waals surface area contributed by atoms with Gasteiger partial charge in [-0.25, -0.2) is 0 Å². The van der Waals surface area contributed by atoms with Gasteiger partial charge in [-0.3, -0.25) is 4.79 Å². The number of amides is 1. The Morgan fingerprint density at radius 2 is 1.96 bits per heavy atom. The van der Waals surface area contributed by atoms with E-state index in [4.69, 9.17) is 39.1 Å². The highest BCUT2D eigenvalue weighted by Crippen LogP contribution is 2.32. The van der Waals surface area contributed by atoms with Crippen molar-refractivity contribution in [2.75, 3.05) is 13.7 Å². The molecule has 6 heteroatoms. The minimum atomic E-state index is -0.0554. The molecule has 0 aliphatic heterocycles. The van der Waals surface area contributed by atoms with E-state index in [1.807, 2.05) is 25.1 Å². The third kappa shape index (κ3) is 6.09. The molecule has 0 saturated carbocycles. The van der Waals surface area contributed by atoms with Crippen molar-refractivity contribution in [1.29, 1.82) is 0 Å². The van der Waals surface area contributed by atoms with E-state index in [0.29, 0.717) is 34.5 Å².